The SMILES string of the molecule is NCCCCCCCNc1ccc2c(c1)C(=O)N(C1CCC(=O)NC1=O)C2=O. The predicted molar refractivity (Wildman–Crippen MR) is 104 cm³/mol. The predicted octanol–water partition coefficient (Wildman–Crippen LogP) is 1.41. The molecule has 150 valence electrons. The van der Waals surface area contributed by atoms with Gasteiger partial charge in [-0.1, -0.05) is 19.3 Å². The van der Waals surface area contributed by atoms with E-state index >= 15 is 0 Å². The summed E-state index contributed by atoms with van der Waals surface area (Å²) in [4.78, 5) is 49.8. The van der Waals surface area contributed by atoms with Crippen LogP contribution in [0.1, 0.15) is 65.7 Å². The second kappa shape index (κ2) is 8.97. The van der Waals surface area contributed by atoms with Crippen LogP contribution in [0.4, 0.5) is 5.69 Å². The summed E-state index contributed by atoms with van der Waals surface area (Å²) in [6.45, 7) is 1.51. The highest BCUT2D eigenvalue weighted by Gasteiger charge is 2.44. The molecular formula is C20H26N4O4. The Labute approximate surface area is 163 Å². The van der Waals surface area contributed by atoms with Gasteiger partial charge in [0.05, 0.1) is 11.1 Å². The number of imide groups is 2. The number of nitrogens with zero attached hydrogens (tertiary/aromatic N) is 1. The van der Waals surface area contributed by atoms with Gasteiger partial charge in [-0.25, -0.2) is 0 Å². The zero-order valence-electron chi connectivity index (χ0n) is 15.8. The van der Waals surface area contributed by atoms with Gasteiger partial charge in [-0.2, -0.15) is 0 Å². The molecule has 1 saturated heterocycles. The third-order valence-corrected chi connectivity index (χ3v) is 5.15. The van der Waals surface area contributed by atoms with Crippen molar-refractivity contribution in [3.63, 3.8) is 0 Å². The second-order valence-corrected chi connectivity index (χ2v) is 7.19. The van der Waals surface area contributed by atoms with Crippen molar-refractivity contribution in [2.24, 2.45) is 5.73 Å². The summed E-state index contributed by atoms with van der Waals surface area (Å²) in [7, 11) is 0. The quantitative estimate of drug-likeness (QED) is 0.436. The Kier molecular flexibility index (Phi) is 6.41. The number of fused-ring (bicyclic) bond motifs is 1. The molecule has 0 aliphatic carbocycles. The van der Waals surface area contributed by atoms with Crippen molar-refractivity contribution in [2.45, 2.75) is 51.0 Å². The first-order valence-corrected chi connectivity index (χ1v) is 9.82. The Balaban J connectivity index is 1.60. The highest BCUT2D eigenvalue weighted by molar-refractivity contribution is 6.23. The van der Waals surface area contributed by atoms with Gasteiger partial charge in [-0.15, -0.1) is 0 Å². The van der Waals surface area contributed by atoms with Crippen LogP contribution >= 0.6 is 0 Å². The van der Waals surface area contributed by atoms with Crippen molar-refractivity contribution in [2.75, 3.05) is 18.4 Å². The minimum Gasteiger partial charge on any atom is -0.385 e. The van der Waals surface area contributed by atoms with E-state index in [0.29, 0.717) is 11.1 Å². The number of piperidine rings is 1. The fraction of sp³-hybridized carbons (Fsp3) is 0.500. The van der Waals surface area contributed by atoms with Crippen LogP contribution < -0.4 is 16.4 Å². The molecule has 1 atom stereocenters. The number of carbonyl (C=O) groups excluding carboxylic acids is 4. The number of amides is 4. The van der Waals surface area contributed by atoms with Crippen LogP contribution in [0.5, 0.6) is 0 Å². The molecule has 0 saturated carbocycles. The number of nitrogens with two attached hydrogens (primary N) is 1. The molecule has 1 unspecified atom stereocenters. The second-order valence-electron chi connectivity index (χ2n) is 7.19. The molecule has 0 spiro atoms. The fourth-order valence-electron chi connectivity index (χ4n) is 3.61. The van der Waals surface area contributed by atoms with Crippen molar-refractivity contribution in [3.05, 3.63) is 29.3 Å². The molecule has 2 aliphatic rings. The number of nitrogens with one attached hydrogen (secondary N) is 2. The zero-order chi connectivity index (χ0) is 20.1. The molecule has 0 radical (unpaired) electrons. The van der Waals surface area contributed by atoms with E-state index in [1.54, 1.807) is 18.2 Å². The van der Waals surface area contributed by atoms with Gasteiger partial charge in [0.25, 0.3) is 11.8 Å². The van der Waals surface area contributed by atoms with Gasteiger partial charge in [-0.3, -0.25) is 29.4 Å². The third-order valence-electron chi connectivity index (χ3n) is 5.15. The minimum atomic E-state index is -0.935. The number of benzene rings is 1. The molecular weight excluding hydrogens is 360 g/mol. The molecule has 1 aromatic rings. The summed E-state index contributed by atoms with van der Waals surface area (Å²) < 4.78 is 0. The standard InChI is InChI=1S/C20H26N4O4/c21-10-4-2-1-3-5-11-22-13-6-7-14-15(12-13)20(28)24(19(14)27)16-8-9-17(25)23-18(16)26/h6-7,12,16,22H,1-5,8-11,21H2,(H,23,25,26). The number of rotatable bonds is 9. The first-order chi connectivity index (χ1) is 13.5. The lowest BCUT2D eigenvalue weighted by Gasteiger charge is -2.27. The Bertz CT molecular complexity index is 792. The van der Waals surface area contributed by atoms with Gasteiger partial charge >= 0.3 is 0 Å². The van der Waals surface area contributed by atoms with Crippen LogP contribution in [0.25, 0.3) is 0 Å². The van der Waals surface area contributed by atoms with E-state index in [1.165, 1.54) is 0 Å². The summed E-state index contributed by atoms with van der Waals surface area (Å²) >= 11 is 0. The van der Waals surface area contributed by atoms with Gasteiger partial charge in [-0.05, 0) is 44.0 Å². The van der Waals surface area contributed by atoms with E-state index < -0.39 is 23.8 Å². The Morgan fingerprint density at radius 1 is 1.00 bits per heavy atom. The number of carbonyl (C=O) groups is 4. The maximum Gasteiger partial charge on any atom is 0.262 e. The lowest BCUT2D eigenvalue weighted by Crippen LogP contribution is -2.54. The van der Waals surface area contributed by atoms with Gasteiger partial charge < -0.3 is 11.1 Å². The van der Waals surface area contributed by atoms with Gasteiger partial charge in [0.15, 0.2) is 0 Å². The summed E-state index contributed by atoms with van der Waals surface area (Å²) in [6.07, 6.45) is 5.74. The first-order valence-electron chi connectivity index (χ1n) is 9.82. The van der Waals surface area contributed by atoms with Crippen LogP contribution in [0.2, 0.25) is 0 Å². The van der Waals surface area contributed by atoms with Crippen LogP contribution in [-0.2, 0) is 9.59 Å². The molecule has 2 heterocycles. The molecule has 0 aromatic heterocycles. The summed E-state index contributed by atoms with van der Waals surface area (Å²) in [5.74, 6) is -1.95. The Morgan fingerprint density at radius 2 is 1.71 bits per heavy atom. The van der Waals surface area contributed by atoms with Crippen molar-refractivity contribution in [1.82, 2.24) is 10.2 Å². The van der Waals surface area contributed by atoms with E-state index in [1.807, 2.05) is 0 Å². The van der Waals surface area contributed by atoms with Gasteiger partial charge in [0, 0.05) is 18.7 Å². The highest BCUT2D eigenvalue weighted by Crippen LogP contribution is 2.29. The average Bonchev–Trinajstić information content (AvgIpc) is 2.92. The molecule has 1 aromatic carbocycles. The number of unbranched alkanes of at least 4 members (excludes halogenated alkanes) is 4. The van der Waals surface area contributed by atoms with E-state index in [9.17, 15) is 19.2 Å². The number of hydrogen-bond donors (Lipinski definition) is 3. The topological polar surface area (TPSA) is 122 Å². The molecule has 8 heteroatoms. The maximum atomic E-state index is 12.8. The Hall–Kier alpha value is -2.74. The summed E-state index contributed by atoms with van der Waals surface area (Å²) in [5.41, 5.74) is 6.84. The van der Waals surface area contributed by atoms with Crippen molar-refractivity contribution >= 4 is 29.3 Å². The number of anilines is 1. The lowest BCUT2D eigenvalue weighted by molar-refractivity contribution is -0.136. The zero-order valence-corrected chi connectivity index (χ0v) is 15.8. The number of hydrogen-bond acceptors (Lipinski definition) is 6. The monoisotopic (exact) mass is 386 g/mol. The van der Waals surface area contributed by atoms with Crippen molar-refractivity contribution in [3.8, 4) is 0 Å². The molecule has 3 rings (SSSR count). The van der Waals surface area contributed by atoms with E-state index in [4.69, 9.17) is 5.73 Å². The van der Waals surface area contributed by atoms with Crippen molar-refractivity contribution < 1.29 is 19.2 Å². The molecule has 1 fully saturated rings. The highest BCUT2D eigenvalue weighted by atomic mass is 16.2. The maximum absolute atomic E-state index is 12.8. The molecule has 28 heavy (non-hydrogen) atoms. The third kappa shape index (κ3) is 4.22. The van der Waals surface area contributed by atoms with Crippen LogP contribution in [-0.4, -0.2) is 47.7 Å². The molecule has 8 nitrogen and oxygen atoms in total. The van der Waals surface area contributed by atoms with E-state index in [2.05, 4.69) is 10.6 Å². The van der Waals surface area contributed by atoms with Gasteiger partial charge in [0.1, 0.15) is 6.04 Å². The Morgan fingerprint density at radius 3 is 2.46 bits per heavy atom. The minimum absolute atomic E-state index is 0.113. The normalized spacial score (nSPS) is 19.0. The molecule has 2 aliphatic heterocycles. The lowest BCUT2D eigenvalue weighted by atomic mass is 10.0. The van der Waals surface area contributed by atoms with Gasteiger partial charge in [0.2, 0.25) is 11.8 Å². The van der Waals surface area contributed by atoms with Crippen molar-refractivity contribution in [1.29, 1.82) is 0 Å². The molecule has 4 N–H and O–H groups in total. The largest absolute Gasteiger partial charge is 0.385 e. The summed E-state index contributed by atoms with van der Waals surface area (Å²) in [6, 6.07) is 4.11. The first kappa shape index (κ1) is 20.0. The van der Waals surface area contributed by atoms with Crippen LogP contribution in [0, 0.1) is 0 Å². The fourth-order valence-corrected chi connectivity index (χ4v) is 3.61. The average molecular weight is 386 g/mol. The molecule has 4 amide bonds. The van der Waals surface area contributed by atoms with Crippen LogP contribution in [0.3, 0.4) is 0 Å². The van der Waals surface area contributed by atoms with Crippen LogP contribution in [0.15, 0.2) is 18.2 Å². The van der Waals surface area contributed by atoms with E-state index in [0.717, 1.165) is 55.8 Å². The summed E-state index contributed by atoms with van der Waals surface area (Å²) in [5, 5.41) is 5.47. The smallest absolute Gasteiger partial charge is 0.262 e. The molecule has 0 bridgehead atoms. The van der Waals surface area contributed by atoms with E-state index in [-0.39, 0.29) is 18.7 Å².